The molecule has 83 heavy (non-hydrogen) atoms. The number of esters is 3. The molecule has 0 fully saturated rings. The first-order valence-electron chi connectivity index (χ1n) is 34.3. The molecule has 0 amide bonds. The summed E-state index contributed by atoms with van der Waals surface area (Å²) >= 11 is 0. The molecule has 0 heterocycles. The molecular weight excluding hydrogens is 1020 g/mol. The third-order valence-corrected chi connectivity index (χ3v) is 14.3. The Morgan fingerprint density at radius 1 is 0.253 bits per heavy atom. The molecule has 6 nitrogen and oxygen atoms in total. The SMILES string of the molecule is CC/C=C\C/C=C\C/C=C\C/C=C\C/C=C\C/C=C\C/C=C\CCCCCC(=O)OC(COC(=O)CC/C=C\C/C=C\C/C=C\C/C=C\CC)COC(=O)CCCCCCCCCCCCCCCCC/C=C\CCCCCCCCCC. The first-order chi connectivity index (χ1) is 41.0. The molecular formula is C77H126O6. The predicted molar refractivity (Wildman–Crippen MR) is 362 cm³/mol. The Kier molecular flexibility index (Phi) is 65.8. The second-order valence-electron chi connectivity index (χ2n) is 22.3. The number of rotatable bonds is 61. The summed E-state index contributed by atoms with van der Waals surface area (Å²) < 4.78 is 16.8. The summed E-state index contributed by atoms with van der Waals surface area (Å²) in [6, 6.07) is 0. The maximum absolute atomic E-state index is 12.9. The van der Waals surface area contributed by atoms with Gasteiger partial charge in [-0.1, -0.05) is 301 Å². The van der Waals surface area contributed by atoms with Gasteiger partial charge in [-0.25, -0.2) is 0 Å². The van der Waals surface area contributed by atoms with E-state index in [0.29, 0.717) is 19.3 Å². The Bertz CT molecular complexity index is 1800. The van der Waals surface area contributed by atoms with Crippen LogP contribution in [0.15, 0.2) is 146 Å². The van der Waals surface area contributed by atoms with Gasteiger partial charge in [0.25, 0.3) is 0 Å². The Morgan fingerprint density at radius 2 is 0.494 bits per heavy atom. The highest BCUT2D eigenvalue weighted by atomic mass is 16.6. The van der Waals surface area contributed by atoms with Crippen molar-refractivity contribution in [1.29, 1.82) is 0 Å². The maximum atomic E-state index is 12.9. The molecule has 0 aliphatic heterocycles. The zero-order valence-electron chi connectivity index (χ0n) is 53.9. The largest absolute Gasteiger partial charge is 0.462 e. The van der Waals surface area contributed by atoms with Gasteiger partial charge >= 0.3 is 17.9 Å². The molecule has 1 unspecified atom stereocenters. The van der Waals surface area contributed by atoms with Crippen LogP contribution in [0.1, 0.15) is 303 Å². The quantitative estimate of drug-likeness (QED) is 0.0261. The van der Waals surface area contributed by atoms with E-state index in [4.69, 9.17) is 14.2 Å². The van der Waals surface area contributed by atoms with Crippen LogP contribution in [-0.4, -0.2) is 37.2 Å². The van der Waals surface area contributed by atoms with E-state index >= 15 is 0 Å². The fourth-order valence-corrected chi connectivity index (χ4v) is 9.26. The van der Waals surface area contributed by atoms with Crippen LogP contribution < -0.4 is 0 Å². The van der Waals surface area contributed by atoms with Crippen molar-refractivity contribution in [3.8, 4) is 0 Å². The summed E-state index contributed by atoms with van der Waals surface area (Å²) in [5.74, 6) is -1.03. The molecule has 0 bridgehead atoms. The summed E-state index contributed by atoms with van der Waals surface area (Å²) in [5, 5.41) is 0. The number of ether oxygens (including phenoxy) is 3. The van der Waals surface area contributed by atoms with E-state index in [1.807, 2.05) is 6.08 Å². The number of hydrogen-bond donors (Lipinski definition) is 0. The van der Waals surface area contributed by atoms with Gasteiger partial charge in [0.15, 0.2) is 6.10 Å². The predicted octanol–water partition coefficient (Wildman–Crippen LogP) is 23.9. The smallest absolute Gasteiger partial charge is 0.306 e. The molecule has 6 heteroatoms. The molecule has 0 rings (SSSR count). The zero-order chi connectivity index (χ0) is 59.9. The molecule has 470 valence electrons. The van der Waals surface area contributed by atoms with Crippen molar-refractivity contribution in [2.45, 2.75) is 309 Å². The first-order valence-corrected chi connectivity index (χ1v) is 34.3. The summed E-state index contributed by atoms with van der Waals surface area (Å²) in [6.45, 7) is 6.33. The standard InChI is InChI=1S/C77H126O6/c1-4-7-10-13-16-19-22-25-27-29-31-33-35-37-38-40-41-43-45-47-49-52-55-58-61-64-67-70-76(79)82-73-74(72-81-75(78)69-66-63-60-57-54-51-24-21-18-15-12-9-6-3)83-77(80)71-68-65-62-59-56-53-50-48-46-44-42-39-36-34-32-30-28-26-23-20-17-14-11-8-5-2/h8-9,11-12,17-18,20-21,26,28-29,31-32,34,39,42,46,48,51,53-54,56,60,63,74H,4-7,10,13-16,19,22-25,27,30,33,35-38,40-41,43-45,47,49-50,52,55,57-59,61-62,64-73H2,1-3H3/b11-8-,12-9-,20-17-,21-18-,28-26-,31-29-,34-32-,42-39-,48-46-,54-51-,56-53-,63-60-. The molecule has 0 saturated heterocycles. The number of hydrogen-bond acceptors (Lipinski definition) is 6. The van der Waals surface area contributed by atoms with Crippen LogP contribution in [0.3, 0.4) is 0 Å². The monoisotopic (exact) mass is 1150 g/mol. The topological polar surface area (TPSA) is 78.9 Å². The van der Waals surface area contributed by atoms with Gasteiger partial charge < -0.3 is 14.2 Å². The van der Waals surface area contributed by atoms with Crippen LogP contribution in [0.5, 0.6) is 0 Å². The van der Waals surface area contributed by atoms with Crippen molar-refractivity contribution >= 4 is 17.9 Å². The van der Waals surface area contributed by atoms with Crippen molar-refractivity contribution in [2.24, 2.45) is 0 Å². The molecule has 0 aromatic heterocycles. The summed E-state index contributed by atoms with van der Waals surface area (Å²) in [6.07, 6.45) is 100. The molecule has 0 aromatic carbocycles. The van der Waals surface area contributed by atoms with Gasteiger partial charge in [-0.2, -0.15) is 0 Å². The van der Waals surface area contributed by atoms with E-state index in [2.05, 4.69) is 161 Å². The van der Waals surface area contributed by atoms with Crippen molar-refractivity contribution < 1.29 is 28.6 Å². The fraction of sp³-hybridized carbons (Fsp3) is 0.649. The van der Waals surface area contributed by atoms with E-state index in [-0.39, 0.29) is 44.0 Å². The van der Waals surface area contributed by atoms with Gasteiger partial charge in [-0.3, -0.25) is 14.4 Å². The Balaban J connectivity index is 4.39. The van der Waals surface area contributed by atoms with E-state index < -0.39 is 6.10 Å². The van der Waals surface area contributed by atoms with Gasteiger partial charge in [-0.05, 0) is 128 Å². The van der Waals surface area contributed by atoms with Crippen LogP contribution in [0.4, 0.5) is 0 Å². The van der Waals surface area contributed by atoms with Gasteiger partial charge in [-0.15, -0.1) is 0 Å². The first kappa shape index (κ1) is 78.3. The highest BCUT2D eigenvalue weighted by Crippen LogP contribution is 2.16. The van der Waals surface area contributed by atoms with Crippen LogP contribution in [0.25, 0.3) is 0 Å². The third kappa shape index (κ3) is 68.0. The van der Waals surface area contributed by atoms with Gasteiger partial charge in [0.2, 0.25) is 0 Å². The van der Waals surface area contributed by atoms with Crippen molar-refractivity contribution in [2.75, 3.05) is 13.2 Å². The minimum Gasteiger partial charge on any atom is -0.462 e. The van der Waals surface area contributed by atoms with E-state index in [1.165, 1.54) is 141 Å². The fourth-order valence-electron chi connectivity index (χ4n) is 9.26. The molecule has 1 atom stereocenters. The lowest BCUT2D eigenvalue weighted by atomic mass is 10.0. The highest BCUT2D eigenvalue weighted by Gasteiger charge is 2.19. The van der Waals surface area contributed by atoms with Crippen molar-refractivity contribution in [3.63, 3.8) is 0 Å². The molecule has 0 aromatic rings. The normalized spacial score (nSPS) is 13.0. The molecule has 0 radical (unpaired) electrons. The van der Waals surface area contributed by atoms with Gasteiger partial charge in [0.05, 0.1) is 0 Å². The number of unbranched alkanes of at least 4 members (excludes halogenated alkanes) is 26. The van der Waals surface area contributed by atoms with E-state index in [1.54, 1.807) is 0 Å². The number of carbonyl (C=O) groups excluding carboxylic acids is 3. The lowest BCUT2D eigenvalue weighted by Crippen LogP contribution is -2.30. The van der Waals surface area contributed by atoms with Crippen molar-refractivity contribution in [3.05, 3.63) is 146 Å². The Labute approximate surface area is 512 Å². The Morgan fingerprint density at radius 3 is 0.831 bits per heavy atom. The lowest BCUT2D eigenvalue weighted by molar-refractivity contribution is -0.166. The summed E-state index contributed by atoms with van der Waals surface area (Å²) in [5.41, 5.74) is 0. The molecule has 0 N–H and O–H groups in total. The molecule has 0 aliphatic rings. The minimum absolute atomic E-state index is 0.117. The summed E-state index contributed by atoms with van der Waals surface area (Å²) in [4.78, 5) is 38.3. The lowest BCUT2D eigenvalue weighted by Gasteiger charge is -2.18. The number of carbonyl (C=O) groups is 3. The average molecular weight is 1150 g/mol. The molecule has 0 spiro atoms. The van der Waals surface area contributed by atoms with Gasteiger partial charge in [0.1, 0.15) is 13.2 Å². The minimum atomic E-state index is -0.832. The highest BCUT2D eigenvalue weighted by molar-refractivity contribution is 5.71. The van der Waals surface area contributed by atoms with Crippen LogP contribution >= 0.6 is 0 Å². The molecule has 0 saturated carbocycles. The third-order valence-electron chi connectivity index (χ3n) is 14.3. The molecule has 0 aliphatic carbocycles. The summed E-state index contributed by atoms with van der Waals surface area (Å²) in [7, 11) is 0. The second-order valence-corrected chi connectivity index (χ2v) is 22.3. The zero-order valence-corrected chi connectivity index (χ0v) is 53.9. The average Bonchev–Trinajstić information content (AvgIpc) is 3.49. The van der Waals surface area contributed by atoms with Crippen LogP contribution in [0.2, 0.25) is 0 Å². The van der Waals surface area contributed by atoms with Gasteiger partial charge in [0, 0.05) is 19.3 Å². The maximum Gasteiger partial charge on any atom is 0.306 e. The van der Waals surface area contributed by atoms with E-state index in [0.717, 1.165) is 109 Å². The van der Waals surface area contributed by atoms with Crippen molar-refractivity contribution in [1.82, 2.24) is 0 Å². The number of allylic oxidation sites excluding steroid dienone is 24. The van der Waals surface area contributed by atoms with Crippen LogP contribution in [0, 0.1) is 0 Å². The Hall–Kier alpha value is -4.71. The second kappa shape index (κ2) is 69.8. The van der Waals surface area contributed by atoms with E-state index in [9.17, 15) is 14.4 Å². The van der Waals surface area contributed by atoms with Crippen LogP contribution in [-0.2, 0) is 28.6 Å².